The third-order valence-corrected chi connectivity index (χ3v) is 2.89. The second-order valence-electron chi connectivity index (χ2n) is 4.30. The fourth-order valence-electron chi connectivity index (χ4n) is 1.74. The Kier molecular flexibility index (Phi) is 10.6. The highest BCUT2D eigenvalue weighted by molar-refractivity contribution is 5.88. The number of carbonyl (C=O) groups is 1. The van der Waals surface area contributed by atoms with Crippen molar-refractivity contribution < 1.29 is 32.5 Å². The average molecular weight is 372 g/mol. The molecule has 2 rings (SSSR count). The van der Waals surface area contributed by atoms with E-state index in [2.05, 4.69) is 0 Å². The number of ether oxygens (including phenoxy) is 2. The van der Waals surface area contributed by atoms with Gasteiger partial charge in [0, 0.05) is 0 Å². The fraction of sp³-hybridized carbons (Fsp3) is 0.316. The van der Waals surface area contributed by atoms with Crippen LogP contribution >= 0.6 is 0 Å². The standard InChI is InChI=1S/C15H11F3O4.2C2H6/c1-21-9-4-2-8(3-5-9)7-22-14-11(16)6-10(15(19)20)12(17)13(14)18;2*1-2/h2-6H,7H2,1H3,(H,19,20);2*1-2H3. The molecule has 26 heavy (non-hydrogen) atoms. The first-order chi connectivity index (χ1) is 12.4. The molecule has 0 aliphatic rings. The zero-order chi connectivity index (χ0) is 20.3. The van der Waals surface area contributed by atoms with Crippen molar-refractivity contribution in [2.24, 2.45) is 0 Å². The minimum Gasteiger partial charge on any atom is -0.497 e. The predicted molar refractivity (Wildman–Crippen MR) is 93.3 cm³/mol. The summed E-state index contributed by atoms with van der Waals surface area (Å²) in [4.78, 5) is 10.7. The van der Waals surface area contributed by atoms with Gasteiger partial charge in [-0.2, -0.15) is 4.39 Å². The molecule has 1 N–H and O–H groups in total. The molecule has 0 saturated heterocycles. The summed E-state index contributed by atoms with van der Waals surface area (Å²) in [6.45, 7) is 7.78. The lowest BCUT2D eigenvalue weighted by molar-refractivity contribution is 0.0689. The number of halogens is 3. The number of methoxy groups -OCH3 is 1. The molecule has 0 fully saturated rings. The molecule has 0 unspecified atom stereocenters. The van der Waals surface area contributed by atoms with E-state index in [1.165, 1.54) is 7.11 Å². The summed E-state index contributed by atoms with van der Waals surface area (Å²) >= 11 is 0. The van der Waals surface area contributed by atoms with Crippen LogP contribution in [0.1, 0.15) is 43.6 Å². The van der Waals surface area contributed by atoms with Crippen molar-refractivity contribution in [3.05, 3.63) is 58.9 Å². The normalized spacial score (nSPS) is 9.23. The van der Waals surface area contributed by atoms with E-state index in [9.17, 15) is 18.0 Å². The van der Waals surface area contributed by atoms with Crippen LogP contribution in [-0.4, -0.2) is 18.2 Å². The van der Waals surface area contributed by atoms with E-state index in [1.807, 2.05) is 27.7 Å². The van der Waals surface area contributed by atoms with Crippen LogP contribution in [0.3, 0.4) is 0 Å². The van der Waals surface area contributed by atoms with Crippen LogP contribution in [0.5, 0.6) is 11.5 Å². The van der Waals surface area contributed by atoms with Crippen molar-refractivity contribution in [3.8, 4) is 11.5 Å². The maximum Gasteiger partial charge on any atom is 0.338 e. The molecule has 0 heterocycles. The van der Waals surface area contributed by atoms with E-state index in [0.29, 0.717) is 17.4 Å². The summed E-state index contributed by atoms with van der Waals surface area (Å²) in [6, 6.07) is 6.84. The summed E-state index contributed by atoms with van der Waals surface area (Å²) in [7, 11) is 1.49. The number of hydrogen-bond acceptors (Lipinski definition) is 3. The van der Waals surface area contributed by atoms with Crippen molar-refractivity contribution in [2.45, 2.75) is 34.3 Å². The Balaban J connectivity index is 0.00000146. The second kappa shape index (κ2) is 11.8. The number of aromatic carboxylic acids is 1. The number of benzene rings is 2. The van der Waals surface area contributed by atoms with Crippen molar-refractivity contribution in [3.63, 3.8) is 0 Å². The summed E-state index contributed by atoms with van der Waals surface area (Å²) in [5.41, 5.74) is -0.519. The molecule has 0 aromatic heterocycles. The zero-order valence-electron chi connectivity index (χ0n) is 15.4. The number of rotatable bonds is 5. The monoisotopic (exact) mass is 372 g/mol. The molecular formula is C19H23F3O4. The van der Waals surface area contributed by atoms with Gasteiger partial charge in [0.15, 0.2) is 17.4 Å². The van der Waals surface area contributed by atoms with Gasteiger partial charge < -0.3 is 14.6 Å². The molecule has 0 aliphatic carbocycles. The summed E-state index contributed by atoms with van der Waals surface area (Å²) in [6.07, 6.45) is 0. The molecule has 0 saturated carbocycles. The first-order valence-electron chi connectivity index (χ1n) is 8.10. The Morgan fingerprint density at radius 1 is 1.00 bits per heavy atom. The third kappa shape index (κ3) is 5.98. The Labute approximate surface area is 151 Å². The van der Waals surface area contributed by atoms with Gasteiger partial charge in [0.1, 0.15) is 17.9 Å². The van der Waals surface area contributed by atoms with Gasteiger partial charge in [0.2, 0.25) is 5.82 Å². The van der Waals surface area contributed by atoms with Crippen LogP contribution in [0.4, 0.5) is 13.2 Å². The fourth-order valence-corrected chi connectivity index (χ4v) is 1.74. The van der Waals surface area contributed by atoms with Crippen LogP contribution in [-0.2, 0) is 6.61 Å². The van der Waals surface area contributed by atoms with Gasteiger partial charge in [-0.25, -0.2) is 13.6 Å². The maximum absolute atomic E-state index is 13.7. The molecule has 7 heteroatoms. The minimum absolute atomic E-state index is 0.219. The van der Waals surface area contributed by atoms with Crippen LogP contribution in [0.25, 0.3) is 0 Å². The molecule has 0 atom stereocenters. The molecule has 4 nitrogen and oxygen atoms in total. The molecule has 2 aromatic carbocycles. The number of carboxylic acid groups (broad SMARTS) is 1. The molecule has 2 aromatic rings. The summed E-state index contributed by atoms with van der Waals surface area (Å²) in [5, 5.41) is 8.64. The molecule has 0 amide bonds. The van der Waals surface area contributed by atoms with E-state index in [0.717, 1.165) is 0 Å². The molecule has 0 spiro atoms. The van der Waals surface area contributed by atoms with Gasteiger partial charge in [0.05, 0.1) is 7.11 Å². The highest BCUT2D eigenvalue weighted by atomic mass is 19.2. The molecular weight excluding hydrogens is 349 g/mol. The van der Waals surface area contributed by atoms with Crippen molar-refractivity contribution in [1.82, 2.24) is 0 Å². The van der Waals surface area contributed by atoms with Crippen LogP contribution < -0.4 is 9.47 Å². The second-order valence-corrected chi connectivity index (χ2v) is 4.30. The lowest BCUT2D eigenvalue weighted by Crippen LogP contribution is -2.08. The van der Waals surface area contributed by atoms with E-state index >= 15 is 0 Å². The lowest BCUT2D eigenvalue weighted by Gasteiger charge is -2.10. The summed E-state index contributed by atoms with van der Waals surface area (Å²) < 4.78 is 50.7. The minimum atomic E-state index is -1.77. The van der Waals surface area contributed by atoms with Gasteiger partial charge in [-0.3, -0.25) is 0 Å². The highest BCUT2D eigenvalue weighted by Gasteiger charge is 2.23. The van der Waals surface area contributed by atoms with Crippen molar-refractivity contribution in [2.75, 3.05) is 7.11 Å². The van der Waals surface area contributed by atoms with E-state index in [1.54, 1.807) is 24.3 Å². The van der Waals surface area contributed by atoms with Gasteiger partial charge in [-0.05, 0) is 23.8 Å². The van der Waals surface area contributed by atoms with Crippen LogP contribution in [0.15, 0.2) is 30.3 Å². The topological polar surface area (TPSA) is 55.8 Å². The smallest absolute Gasteiger partial charge is 0.338 e. The Morgan fingerprint density at radius 2 is 1.54 bits per heavy atom. The van der Waals surface area contributed by atoms with Gasteiger partial charge >= 0.3 is 5.97 Å². The Hall–Kier alpha value is -2.70. The van der Waals surface area contributed by atoms with Gasteiger partial charge in [0.25, 0.3) is 0 Å². The van der Waals surface area contributed by atoms with E-state index in [4.69, 9.17) is 14.6 Å². The molecule has 0 aliphatic heterocycles. The molecule has 144 valence electrons. The Morgan fingerprint density at radius 3 is 2.00 bits per heavy atom. The van der Waals surface area contributed by atoms with Gasteiger partial charge in [-0.1, -0.05) is 39.8 Å². The Bertz CT molecular complexity index is 701. The first kappa shape index (κ1) is 23.3. The van der Waals surface area contributed by atoms with E-state index < -0.39 is 34.7 Å². The first-order valence-corrected chi connectivity index (χ1v) is 8.10. The maximum atomic E-state index is 13.7. The largest absolute Gasteiger partial charge is 0.497 e. The van der Waals surface area contributed by atoms with Crippen LogP contribution in [0.2, 0.25) is 0 Å². The van der Waals surface area contributed by atoms with Crippen molar-refractivity contribution >= 4 is 5.97 Å². The SMILES string of the molecule is CC.CC.COc1ccc(COc2c(F)cc(C(=O)O)c(F)c2F)cc1. The molecule has 0 radical (unpaired) electrons. The zero-order valence-corrected chi connectivity index (χ0v) is 15.4. The molecule has 0 bridgehead atoms. The third-order valence-electron chi connectivity index (χ3n) is 2.89. The number of carboxylic acids is 1. The van der Waals surface area contributed by atoms with Crippen molar-refractivity contribution in [1.29, 1.82) is 0 Å². The van der Waals surface area contributed by atoms with E-state index in [-0.39, 0.29) is 6.61 Å². The van der Waals surface area contributed by atoms with Gasteiger partial charge in [-0.15, -0.1) is 0 Å². The van der Waals surface area contributed by atoms with Crippen LogP contribution in [0, 0.1) is 17.5 Å². The predicted octanol–water partition coefficient (Wildman–Crippen LogP) is 5.44. The average Bonchev–Trinajstić information content (AvgIpc) is 2.68. The lowest BCUT2D eigenvalue weighted by atomic mass is 10.2. The number of hydrogen-bond donors (Lipinski definition) is 1. The summed E-state index contributed by atoms with van der Waals surface area (Å²) in [5.74, 6) is -6.76. The highest BCUT2D eigenvalue weighted by Crippen LogP contribution is 2.27. The quantitative estimate of drug-likeness (QED) is 0.710.